The van der Waals surface area contributed by atoms with Crippen LogP contribution in [0.1, 0.15) is 6.92 Å². The van der Waals surface area contributed by atoms with Gasteiger partial charge in [-0.3, -0.25) is 4.79 Å². The first kappa shape index (κ1) is 11.4. The first-order valence-electron chi connectivity index (χ1n) is 4.59. The second-order valence-electron chi connectivity index (χ2n) is 3.01. The van der Waals surface area contributed by atoms with Gasteiger partial charge in [0.2, 0.25) is 11.9 Å². The highest BCUT2D eigenvalue weighted by Gasteiger charge is 2.08. The smallest absolute Gasteiger partial charge is 0.239 e. The van der Waals surface area contributed by atoms with Gasteiger partial charge in [-0.25, -0.2) is 9.97 Å². The molecule has 0 aliphatic rings. The Kier molecular flexibility index (Phi) is 3.96. The van der Waals surface area contributed by atoms with E-state index >= 15 is 0 Å². The zero-order valence-corrected chi connectivity index (χ0v) is 8.70. The summed E-state index contributed by atoms with van der Waals surface area (Å²) in [6.07, 6.45) is 1.12. The van der Waals surface area contributed by atoms with Crippen molar-refractivity contribution in [2.75, 3.05) is 25.0 Å². The summed E-state index contributed by atoms with van der Waals surface area (Å²) in [6.45, 7) is 2.55. The van der Waals surface area contributed by atoms with Crippen LogP contribution in [0.5, 0.6) is 0 Å². The third-order valence-corrected chi connectivity index (χ3v) is 1.77. The summed E-state index contributed by atoms with van der Waals surface area (Å²) < 4.78 is 12.7. The number of nitrogens with zero attached hydrogens (tertiary/aromatic N) is 3. The Morgan fingerprint density at radius 2 is 2.33 bits per heavy atom. The third-order valence-electron chi connectivity index (χ3n) is 1.77. The Balaban J connectivity index is 2.60. The Morgan fingerprint density at radius 1 is 1.60 bits per heavy atom. The second-order valence-corrected chi connectivity index (χ2v) is 3.01. The van der Waals surface area contributed by atoms with Gasteiger partial charge < -0.3 is 10.2 Å². The van der Waals surface area contributed by atoms with Crippen molar-refractivity contribution < 1.29 is 9.18 Å². The van der Waals surface area contributed by atoms with Crippen LogP contribution in [-0.4, -0.2) is 36.0 Å². The lowest BCUT2D eigenvalue weighted by Gasteiger charge is -2.16. The largest absolute Gasteiger partial charge is 0.355 e. The molecule has 0 saturated heterocycles. The van der Waals surface area contributed by atoms with Crippen molar-refractivity contribution in [3.8, 4) is 0 Å². The molecular formula is C9H13FN4O. The zero-order chi connectivity index (χ0) is 11.3. The van der Waals surface area contributed by atoms with Crippen molar-refractivity contribution in [2.45, 2.75) is 6.92 Å². The molecule has 6 heteroatoms. The standard InChI is InChI=1S/C9H13FN4O/c1-3-11-9(15)5-14(2)8-4-7(10)12-6-13-8/h4,6H,3,5H2,1-2H3,(H,11,15). The molecule has 0 spiro atoms. The molecule has 0 aromatic carbocycles. The fraction of sp³-hybridized carbons (Fsp3) is 0.444. The Hall–Kier alpha value is -1.72. The fourth-order valence-electron chi connectivity index (χ4n) is 1.08. The summed E-state index contributed by atoms with van der Waals surface area (Å²) in [4.78, 5) is 20.0. The maximum Gasteiger partial charge on any atom is 0.239 e. The summed E-state index contributed by atoms with van der Waals surface area (Å²) >= 11 is 0. The van der Waals surface area contributed by atoms with Gasteiger partial charge in [0.15, 0.2) is 0 Å². The molecule has 15 heavy (non-hydrogen) atoms. The first-order chi connectivity index (χ1) is 7.13. The number of hydrogen-bond donors (Lipinski definition) is 1. The first-order valence-corrected chi connectivity index (χ1v) is 4.59. The number of rotatable bonds is 4. The molecule has 0 radical (unpaired) electrons. The van der Waals surface area contributed by atoms with E-state index in [9.17, 15) is 9.18 Å². The molecular weight excluding hydrogens is 199 g/mol. The maximum absolute atomic E-state index is 12.7. The molecule has 1 heterocycles. The molecule has 0 aliphatic carbocycles. The van der Waals surface area contributed by atoms with Crippen LogP contribution < -0.4 is 10.2 Å². The minimum Gasteiger partial charge on any atom is -0.355 e. The van der Waals surface area contributed by atoms with Gasteiger partial charge in [0.25, 0.3) is 0 Å². The summed E-state index contributed by atoms with van der Waals surface area (Å²) in [5.74, 6) is -0.351. The molecule has 0 bridgehead atoms. The Labute approximate surface area is 87.3 Å². The number of aromatic nitrogens is 2. The number of amides is 1. The molecule has 0 unspecified atom stereocenters. The van der Waals surface area contributed by atoms with Crippen LogP contribution in [0.15, 0.2) is 12.4 Å². The normalized spacial score (nSPS) is 9.80. The van der Waals surface area contributed by atoms with E-state index in [2.05, 4.69) is 15.3 Å². The minimum atomic E-state index is -0.609. The summed E-state index contributed by atoms with van der Waals surface area (Å²) in [5.41, 5.74) is 0. The van der Waals surface area contributed by atoms with Gasteiger partial charge in [-0.2, -0.15) is 4.39 Å². The third kappa shape index (κ3) is 3.49. The van der Waals surface area contributed by atoms with Crippen LogP contribution in [0.3, 0.4) is 0 Å². The minimum absolute atomic E-state index is 0.126. The maximum atomic E-state index is 12.7. The number of carbonyl (C=O) groups excluding carboxylic acids is 1. The number of hydrogen-bond acceptors (Lipinski definition) is 4. The predicted octanol–water partition coefficient (Wildman–Crippen LogP) is 0.188. The predicted molar refractivity (Wildman–Crippen MR) is 53.9 cm³/mol. The van der Waals surface area contributed by atoms with Crippen LogP contribution >= 0.6 is 0 Å². The van der Waals surface area contributed by atoms with E-state index in [-0.39, 0.29) is 12.5 Å². The molecule has 1 amide bonds. The van der Waals surface area contributed by atoms with E-state index in [4.69, 9.17) is 0 Å². The van der Waals surface area contributed by atoms with Crippen molar-refractivity contribution in [1.29, 1.82) is 0 Å². The van der Waals surface area contributed by atoms with Crippen LogP contribution in [0, 0.1) is 5.95 Å². The molecule has 0 fully saturated rings. The molecule has 82 valence electrons. The fourth-order valence-corrected chi connectivity index (χ4v) is 1.08. The molecule has 1 N–H and O–H groups in total. The van der Waals surface area contributed by atoms with Crippen LogP contribution in [0.2, 0.25) is 0 Å². The van der Waals surface area contributed by atoms with Crippen molar-refractivity contribution in [1.82, 2.24) is 15.3 Å². The van der Waals surface area contributed by atoms with Crippen LogP contribution in [0.25, 0.3) is 0 Å². The molecule has 0 atom stereocenters. The average Bonchev–Trinajstić information content (AvgIpc) is 2.18. The van der Waals surface area contributed by atoms with Crippen LogP contribution in [0.4, 0.5) is 10.2 Å². The van der Waals surface area contributed by atoms with Crippen molar-refractivity contribution in [2.24, 2.45) is 0 Å². The molecule has 5 nitrogen and oxygen atoms in total. The van der Waals surface area contributed by atoms with E-state index in [0.717, 1.165) is 6.33 Å². The topological polar surface area (TPSA) is 58.1 Å². The van der Waals surface area contributed by atoms with Crippen molar-refractivity contribution in [3.63, 3.8) is 0 Å². The summed E-state index contributed by atoms with van der Waals surface area (Å²) in [7, 11) is 1.66. The highest BCUT2D eigenvalue weighted by Crippen LogP contribution is 2.06. The van der Waals surface area contributed by atoms with Crippen molar-refractivity contribution in [3.05, 3.63) is 18.3 Å². The van der Waals surface area contributed by atoms with Gasteiger partial charge in [0.1, 0.15) is 12.1 Å². The van der Waals surface area contributed by atoms with Gasteiger partial charge in [-0.05, 0) is 6.92 Å². The average molecular weight is 212 g/mol. The molecule has 0 aliphatic heterocycles. The lowest BCUT2D eigenvalue weighted by molar-refractivity contribution is -0.119. The Morgan fingerprint density at radius 3 is 2.93 bits per heavy atom. The molecule has 0 saturated carbocycles. The second kappa shape index (κ2) is 5.23. The lowest BCUT2D eigenvalue weighted by Crippen LogP contribution is -2.35. The zero-order valence-electron chi connectivity index (χ0n) is 8.70. The van der Waals surface area contributed by atoms with E-state index in [0.29, 0.717) is 12.4 Å². The monoisotopic (exact) mass is 212 g/mol. The summed E-state index contributed by atoms with van der Waals surface area (Å²) in [5, 5.41) is 2.64. The van der Waals surface area contributed by atoms with Gasteiger partial charge >= 0.3 is 0 Å². The number of carbonyl (C=O) groups is 1. The van der Waals surface area contributed by atoms with E-state index < -0.39 is 5.95 Å². The highest BCUT2D eigenvalue weighted by molar-refractivity contribution is 5.80. The summed E-state index contributed by atoms with van der Waals surface area (Å²) in [6, 6.07) is 1.18. The van der Waals surface area contributed by atoms with Crippen LogP contribution in [-0.2, 0) is 4.79 Å². The van der Waals surface area contributed by atoms with Gasteiger partial charge in [0.05, 0.1) is 6.54 Å². The van der Waals surface area contributed by atoms with Gasteiger partial charge in [0, 0.05) is 19.7 Å². The lowest BCUT2D eigenvalue weighted by atomic mass is 10.4. The van der Waals surface area contributed by atoms with Crippen molar-refractivity contribution >= 4 is 11.7 Å². The SMILES string of the molecule is CCNC(=O)CN(C)c1cc(F)ncn1. The van der Waals surface area contributed by atoms with E-state index in [1.165, 1.54) is 6.07 Å². The highest BCUT2D eigenvalue weighted by atomic mass is 19.1. The number of anilines is 1. The molecule has 1 aromatic rings. The van der Waals surface area contributed by atoms with E-state index in [1.54, 1.807) is 11.9 Å². The van der Waals surface area contributed by atoms with Gasteiger partial charge in [-0.1, -0.05) is 0 Å². The Bertz CT molecular complexity index is 345. The number of nitrogens with one attached hydrogen (secondary N) is 1. The number of likely N-dealkylation sites (N-methyl/N-ethyl adjacent to an activating group) is 2. The molecule has 1 rings (SSSR count). The number of halogens is 1. The van der Waals surface area contributed by atoms with Gasteiger partial charge in [-0.15, -0.1) is 0 Å². The molecule has 1 aromatic heterocycles. The quantitative estimate of drug-likeness (QED) is 0.724. The van der Waals surface area contributed by atoms with E-state index in [1.807, 2.05) is 6.92 Å².